The Hall–Kier alpha value is -2.44. The van der Waals surface area contributed by atoms with E-state index in [0.29, 0.717) is 34.0 Å². The van der Waals surface area contributed by atoms with Gasteiger partial charge in [-0.05, 0) is 30.3 Å². The number of benzene rings is 1. The summed E-state index contributed by atoms with van der Waals surface area (Å²) in [5, 5.41) is 0.374. The average Bonchev–Trinajstić information content (AvgIpc) is 2.72. The van der Waals surface area contributed by atoms with Crippen LogP contribution in [-0.4, -0.2) is 33.7 Å². The van der Waals surface area contributed by atoms with Crippen LogP contribution >= 0.6 is 23.4 Å². The van der Waals surface area contributed by atoms with Gasteiger partial charge in [0.2, 0.25) is 0 Å². The molecule has 2 atom stereocenters. The lowest BCUT2D eigenvalue weighted by Crippen LogP contribution is -2.56. The standard InChI is InChI=1S/C21H18ClFN3OS/c1-25-19-10-3-2-7-15(19)20(27)26(14-6-5-11-24-12-14)21(25)28-13-16-17(22)8-4-9-18(16)23/h2-9,11-12,19,21H,1,10,13H2/q+1. The first-order valence-electron chi connectivity index (χ1n) is 8.81. The molecule has 0 N–H and O–H groups in total. The summed E-state index contributed by atoms with van der Waals surface area (Å²) < 4.78 is 16.1. The number of thioether (sulfide) groups is 1. The van der Waals surface area contributed by atoms with Crippen molar-refractivity contribution in [1.82, 2.24) is 4.98 Å². The van der Waals surface area contributed by atoms with Crippen molar-refractivity contribution >= 4 is 41.7 Å². The number of allylic oxidation sites excluding steroid dienone is 2. The van der Waals surface area contributed by atoms with Gasteiger partial charge in [-0.15, -0.1) is 0 Å². The highest BCUT2D eigenvalue weighted by atomic mass is 35.5. The highest BCUT2D eigenvalue weighted by Gasteiger charge is 2.47. The highest BCUT2D eigenvalue weighted by Crippen LogP contribution is 2.37. The number of halogens is 2. The fourth-order valence-electron chi connectivity index (χ4n) is 3.43. The molecule has 2 aromatic rings. The first-order chi connectivity index (χ1) is 13.6. The first kappa shape index (κ1) is 18.9. The summed E-state index contributed by atoms with van der Waals surface area (Å²) in [6.07, 6.45) is 9.77. The van der Waals surface area contributed by atoms with Crippen molar-refractivity contribution < 1.29 is 13.8 Å². The van der Waals surface area contributed by atoms with Crippen molar-refractivity contribution in [2.75, 3.05) is 4.90 Å². The van der Waals surface area contributed by atoms with E-state index < -0.39 is 5.50 Å². The zero-order chi connectivity index (χ0) is 19.7. The Morgan fingerprint density at radius 1 is 1.36 bits per heavy atom. The second-order valence-corrected chi connectivity index (χ2v) is 7.99. The normalized spacial score (nSPS) is 21.5. The smallest absolute Gasteiger partial charge is 0.269 e. The molecule has 0 spiro atoms. The molecule has 1 aromatic heterocycles. The Labute approximate surface area is 172 Å². The van der Waals surface area contributed by atoms with Crippen molar-refractivity contribution in [3.05, 3.63) is 82.9 Å². The molecule has 2 aliphatic rings. The lowest BCUT2D eigenvalue weighted by atomic mass is 9.95. The summed E-state index contributed by atoms with van der Waals surface area (Å²) in [6.45, 7) is 4.23. The van der Waals surface area contributed by atoms with Crippen LogP contribution in [0, 0.1) is 5.82 Å². The molecule has 0 saturated carbocycles. The van der Waals surface area contributed by atoms with E-state index in [-0.39, 0.29) is 17.8 Å². The number of carbonyl (C=O) groups is 1. The molecule has 4 nitrogen and oxygen atoms in total. The number of aromatic nitrogens is 1. The molecule has 0 radical (unpaired) electrons. The molecule has 1 fully saturated rings. The van der Waals surface area contributed by atoms with Crippen LogP contribution in [0.5, 0.6) is 0 Å². The van der Waals surface area contributed by atoms with Crippen molar-refractivity contribution in [2.45, 2.75) is 23.7 Å². The van der Waals surface area contributed by atoms with Crippen molar-refractivity contribution in [2.24, 2.45) is 0 Å². The van der Waals surface area contributed by atoms with Crippen LogP contribution in [0.15, 0.2) is 66.5 Å². The van der Waals surface area contributed by atoms with Gasteiger partial charge in [0.25, 0.3) is 11.4 Å². The number of hydrogen-bond donors (Lipinski definition) is 0. The van der Waals surface area contributed by atoms with Crippen LogP contribution in [0.25, 0.3) is 0 Å². The van der Waals surface area contributed by atoms with Crippen LogP contribution in [0.1, 0.15) is 12.0 Å². The Morgan fingerprint density at radius 2 is 2.21 bits per heavy atom. The van der Waals surface area contributed by atoms with E-state index in [2.05, 4.69) is 11.7 Å². The maximum atomic E-state index is 14.2. The Bertz CT molecular complexity index is 972. The molecule has 2 unspecified atom stereocenters. The van der Waals surface area contributed by atoms with Crippen molar-refractivity contribution in [1.29, 1.82) is 0 Å². The molecule has 7 heteroatoms. The molecule has 1 aliphatic carbocycles. The number of anilines is 1. The maximum absolute atomic E-state index is 14.2. The summed E-state index contributed by atoms with van der Waals surface area (Å²) in [6, 6.07) is 8.15. The summed E-state index contributed by atoms with van der Waals surface area (Å²) in [7, 11) is 0. The number of rotatable bonds is 4. The van der Waals surface area contributed by atoms with Gasteiger partial charge in [0.05, 0.1) is 17.5 Å². The van der Waals surface area contributed by atoms with E-state index >= 15 is 0 Å². The third-order valence-corrected chi connectivity index (χ3v) is 6.45. The zero-order valence-corrected chi connectivity index (χ0v) is 16.5. The summed E-state index contributed by atoms with van der Waals surface area (Å²) in [4.78, 5) is 19.1. The van der Waals surface area contributed by atoms with E-state index in [1.54, 1.807) is 35.5 Å². The van der Waals surface area contributed by atoms with E-state index in [1.807, 2.05) is 28.9 Å². The van der Waals surface area contributed by atoms with Crippen LogP contribution < -0.4 is 4.90 Å². The zero-order valence-electron chi connectivity index (χ0n) is 15.0. The largest absolute Gasteiger partial charge is 0.284 e. The number of nitrogens with zero attached hydrogens (tertiary/aromatic N) is 3. The summed E-state index contributed by atoms with van der Waals surface area (Å²) in [5.41, 5.74) is 1.38. The minimum atomic E-state index is -0.416. The second kappa shape index (κ2) is 7.89. The Kier molecular flexibility index (Phi) is 5.33. The van der Waals surface area contributed by atoms with Gasteiger partial charge in [-0.3, -0.25) is 9.78 Å². The molecular weight excluding hydrogens is 397 g/mol. The molecule has 0 bridgehead atoms. The van der Waals surface area contributed by atoms with Crippen molar-refractivity contribution in [3.8, 4) is 0 Å². The van der Waals surface area contributed by atoms with Crippen LogP contribution in [0.3, 0.4) is 0 Å². The molecule has 2 heterocycles. The summed E-state index contributed by atoms with van der Waals surface area (Å²) in [5.74, 6) is -0.125. The molecule has 1 amide bonds. The van der Waals surface area contributed by atoms with Gasteiger partial charge in [-0.25, -0.2) is 13.9 Å². The molecule has 28 heavy (non-hydrogen) atoms. The van der Waals surface area contributed by atoms with Gasteiger partial charge >= 0.3 is 0 Å². The lowest BCUT2D eigenvalue weighted by molar-refractivity contribution is -0.563. The van der Waals surface area contributed by atoms with E-state index in [4.69, 9.17) is 11.6 Å². The topological polar surface area (TPSA) is 36.2 Å². The lowest BCUT2D eigenvalue weighted by Gasteiger charge is -2.37. The quantitative estimate of drug-likeness (QED) is 0.695. The van der Waals surface area contributed by atoms with Gasteiger partial charge in [-0.1, -0.05) is 41.6 Å². The predicted molar refractivity (Wildman–Crippen MR) is 111 cm³/mol. The predicted octanol–water partition coefficient (Wildman–Crippen LogP) is 4.41. The van der Waals surface area contributed by atoms with Crippen LogP contribution in [0.4, 0.5) is 10.1 Å². The molecule has 4 rings (SSSR count). The van der Waals surface area contributed by atoms with Crippen LogP contribution in [-0.2, 0) is 10.5 Å². The number of amides is 1. The number of fused-ring (bicyclic) bond motifs is 1. The molecular formula is C21H18ClFN3OS+. The van der Waals surface area contributed by atoms with Gasteiger partial charge in [0.1, 0.15) is 12.5 Å². The van der Waals surface area contributed by atoms with Gasteiger partial charge < -0.3 is 0 Å². The van der Waals surface area contributed by atoms with Gasteiger partial charge in [0, 0.05) is 29.0 Å². The minimum absolute atomic E-state index is 0.0839. The minimum Gasteiger partial charge on any atom is -0.269 e. The molecule has 1 aliphatic heterocycles. The van der Waals surface area contributed by atoms with Gasteiger partial charge in [0.15, 0.2) is 6.04 Å². The maximum Gasteiger partial charge on any atom is 0.284 e. The number of carbonyl (C=O) groups excluding carboxylic acids is 1. The molecule has 1 saturated heterocycles. The monoisotopic (exact) mass is 414 g/mol. The Balaban J connectivity index is 1.70. The third kappa shape index (κ3) is 3.38. The van der Waals surface area contributed by atoms with Crippen LogP contribution in [0.2, 0.25) is 5.02 Å². The van der Waals surface area contributed by atoms with E-state index in [0.717, 1.165) is 0 Å². The fraction of sp³-hybridized carbons (Fsp3) is 0.190. The SMILES string of the molecule is C=[N+]1C2CC=CC=C2C(=O)N(c2cccnc2)C1SCc1c(F)cccc1Cl. The van der Waals surface area contributed by atoms with Crippen molar-refractivity contribution in [3.63, 3.8) is 0 Å². The average molecular weight is 415 g/mol. The molecule has 1 aromatic carbocycles. The van der Waals surface area contributed by atoms with E-state index in [1.165, 1.54) is 17.8 Å². The number of pyridine rings is 1. The third-order valence-electron chi connectivity index (χ3n) is 4.86. The Morgan fingerprint density at radius 3 is 2.96 bits per heavy atom. The summed E-state index contributed by atoms with van der Waals surface area (Å²) >= 11 is 7.60. The molecule has 142 valence electrons. The first-order valence-corrected chi connectivity index (χ1v) is 10.2. The van der Waals surface area contributed by atoms with Gasteiger partial charge in [-0.2, -0.15) is 0 Å². The van der Waals surface area contributed by atoms with E-state index in [9.17, 15) is 9.18 Å². The fourth-order valence-corrected chi connectivity index (χ4v) is 5.05. The number of hydrogen-bond acceptors (Lipinski definition) is 3. The highest BCUT2D eigenvalue weighted by molar-refractivity contribution is 7.99. The second-order valence-electron chi connectivity index (χ2n) is 6.54.